The van der Waals surface area contributed by atoms with E-state index in [9.17, 15) is 9.59 Å². The van der Waals surface area contributed by atoms with Gasteiger partial charge in [-0.3, -0.25) is 9.59 Å². The number of nitrogens with two attached hydrogens (primary N) is 1. The Hall–Kier alpha value is -0.680. The zero-order chi connectivity index (χ0) is 16.1. The van der Waals surface area contributed by atoms with Crippen LogP contribution in [0.15, 0.2) is 12.2 Å². The molecule has 0 bridgehead atoms. The molecular formula is C15H27BrN2O2. The van der Waals surface area contributed by atoms with Gasteiger partial charge in [-0.15, -0.1) is 0 Å². The number of ketones is 1. The Morgan fingerprint density at radius 1 is 1.55 bits per heavy atom. The molecule has 0 aromatic rings. The average molecular weight is 347 g/mol. The first kappa shape index (κ1) is 19.3. The molecule has 5 heteroatoms. The molecular weight excluding hydrogens is 320 g/mol. The molecule has 1 unspecified atom stereocenters. The van der Waals surface area contributed by atoms with Gasteiger partial charge in [-0.2, -0.15) is 0 Å². The van der Waals surface area contributed by atoms with Crippen molar-refractivity contribution in [2.24, 2.45) is 11.7 Å². The summed E-state index contributed by atoms with van der Waals surface area (Å²) in [5.41, 5.74) is 6.21. The van der Waals surface area contributed by atoms with Gasteiger partial charge in [-0.25, -0.2) is 0 Å². The first-order valence-electron chi connectivity index (χ1n) is 6.73. The van der Waals surface area contributed by atoms with Crippen LogP contribution >= 0.6 is 15.9 Å². The lowest BCUT2D eigenvalue weighted by Gasteiger charge is -2.22. The van der Waals surface area contributed by atoms with Crippen molar-refractivity contribution in [3.63, 3.8) is 0 Å². The summed E-state index contributed by atoms with van der Waals surface area (Å²) < 4.78 is 0. The maximum absolute atomic E-state index is 11.5. The molecule has 0 aromatic carbocycles. The minimum Gasteiger partial charge on any atom is -0.351 e. The molecule has 20 heavy (non-hydrogen) atoms. The monoisotopic (exact) mass is 346 g/mol. The van der Waals surface area contributed by atoms with E-state index in [0.717, 1.165) is 12.8 Å². The molecule has 1 aliphatic heterocycles. The Morgan fingerprint density at radius 3 is 2.25 bits per heavy atom. The van der Waals surface area contributed by atoms with E-state index in [4.69, 9.17) is 5.73 Å². The van der Waals surface area contributed by atoms with E-state index >= 15 is 0 Å². The Balaban J connectivity index is 0.000000441. The van der Waals surface area contributed by atoms with Crippen LogP contribution in [0.3, 0.4) is 0 Å². The number of Topliss-reactive ketones (excluding diaryl/α,β-unsaturated/α-hetero) is 1. The lowest BCUT2D eigenvalue weighted by Crippen LogP contribution is -2.37. The van der Waals surface area contributed by atoms with Gasteiger partial charge in [-0.1, -0.05) is 22.5 Å². The molecule has 1 heterocycles. The number of hydrogen-bond acceptors (Lipinski definition) is 3. The Labute approximate surface area is 130 Å². The molecule has 0 aliphatic carbocycles. The number of alkyl halides is 1. The summed E-state index contributed by atoms with van der Waals surface area (Å²) in [6.45, 7) is 13.0. The number of amides is 1. The zero-order valence-electron chi connectivity index (χ0n) is 13.2. The van der Waals surface area contributed by atoms with Gasteiger partial charge in [0.25, 0.3) is 0 Å². The highest BCUT2D eigenvalue weighted by Crippen LogP contribution is 2.29. The molecule has 0 radical (unpaired) electrons. The van der Waals surface area contributed by atoms with Gasteiger partial charge in [0.2, 0.25) is 5.91 Å². The van der Waals surface area contributed by atoms with Crippen LogP contribution in [0, 0.1) is 5.92 Å². The summed E-state index contributed by atoms with van der Waals surface area (Å²) in [7, 11) is 0. The average Bonchev–Trinajstić information content (AvgIpc) is 2.48. The third-order valence-electron chi connectivity index (χ3n) is 3.02. The van der Waals surface area contributed by atoms with E-state index in [0.29, 0.717) is 10.9 Å². The molecule has 116 valence electrons. The van der Waals surface area contributed by atoms with Crippen molar-refractivity contribution in [1.29, 1.82) is 0 Å². The van der Waals surface area contributed by atoms with Gasteiger partial charge < -0.3 is 11.1 Å². The SMILES string of the molecule is C=C(CBr)C(C)=O.CC(C)(N)CC1CC(C)(C)NC1=O. The van der Waals surface area contributed by atoms with Gasteiger partial charge in [0.15, 0.2) is 5.78 Å². The predicted octanol–water partition coefficient (Wildman–Crippen LogP) is 2.56. The molecule has 1 atom stereocenters. The third kappa shape index (κ3) is 7.80. The number of allylic oxidation sites excluding steroid dienone is 1. The number of rotatable bonds is 4. The number of hydrogen-bond donors (Lipinski definition) is 2. The van der Waals surface area contributed by atoms with E-state index in [1.807, 2.05) is 13.8 Å². The lowest BCUT2D eigenvalue weighted by atomic mass is 9.87. The van der Waals surface area contributed by atoms with E-state index in [1.54, 1.807) is 0 Å². The Kier molecular flexibility index (Phi) is 7.11. The molecule has 1 saturated heterocycles. The van der Waals surface area contributed by atoms with Crippen LogP contribution < -0.4 is 11.1 Å². The van der Waals surface area contributed by atoms with Gasteiger partial charge in [-0.05, 0) is 53.0 Å². The smallest absolute Gasteiger partial charge is 0.223 e. The van der Waals surface area contributed by atoms with Crippen LogP contribution in [-0.4, -0.2) is 28.1 Å². The molecule has 0 aromatic heterocycles. The highest BCUT2D eigenvalue weighted by Gasteiger charge is 2.38. The first-order chi connectivity index (χ1) is 8.88. The molecule has 4 nitrogen and oxygen atoms in total. The van der Waals surface area contributed by atoms with Crippen molar-refractivity contribution in [1.82, 2.24) is 5.32 Å². The van der Waals surface area contributed by atoms with E-state index in [2.05, 4.69) is 41.7 Å². The minimum atomic E-state index is -0.248. The fraction of sp³-hybridized carbons (Fsp3) is 0.733. The maximum Gasteiger partial charge on any atom is 0.223 e. The molecule has 1 amide bonds. The van der Waals surface area contributed by atoms with Crippen LogP contribution in [0.25, 0.3) is 0 Å². The van der Waals surface area contributed by atoms with Crippen LogP contribution in [0.4, 0.5) is 0 Å². The van der Waals surface area contributed by atoms with Crippen LogP contribution in [0.1, 0.15) is 47.5 Å². The highest BCUT2D eigenvalue weighted by molar-refractivity contribution is 9.09. The summed E-state index contributed by atoms with van der Waals surface area (Å²) in [6.07, 6.45) is 1.66. The molecule has 3 N–H and O–H groups in total. The highest BCUT2D eigenvalue weighted by atomic mass is 79.9. The standard InChI is InChI=1S/C10H20N2O.C5H7BrO/c1-9(2,11)5-7-6-10(3,4)12-8(7)13;1-4(3-6)5(2)7/h7H,5-6,11H2,1-4H3,(H,12,13);1,3H2,2H3. The molecule has 1 fully saturated rings. The van der Waals surface area contributed by atoms with Gasteiger partial charge in [0.1, 0.15) is 0 Å². The van der Waals surface area contributed by atoms with Crippen molar-refractivity contribution in [3.05, 3.63) is 12.2 Å². The maximum atomic E-state index is 11.5. The number of carbonyl (C=O) groups excluding carboxylic acids is 2. The van der Waals surface area contributed by atoms with E-state index in [1.165, 1.54) is 6.92 Å². The second-order valence-corrected chi connectivity index (χ2v) is 7.32. The fourth-order valence-electron chi connectivity index (χ4n) is 2.09. The van der Waals surface area contributed by atoms with Gasteiger partial charge >= 0.3 is 0 Å². The fourth-order valence-corrected chi connectivity index (χ4v) is 2.48. The summed E-state index contributed by atoms with van der Waals surface area (Å²) in [4.78, 5) is 21.7. The first-order valence-corrected chi connectivity index (χ1v) is 7.86. The number of halogens is 1. The minimum absolute atomic E-state index is 0.0486. The topological polar surface area (TPSA) is 72.2 Å². The summed E-state index contributed by atoms with van der Waals surface area (Å²) in [5.74, 6) is 0.301. The molecule has 0 spiro atoms. The predicted molar refractivity (Wildman–Crippen MR) is 86.8 cm³/mol. The molecule has 1 aliphatic rings. The van der Waals surface area contributed by atoms with Crippen LogP contribution in [0.5, 0.6) is 0 Å². The van der Waals surface area contributed by atoms with Crippen molar-refractivity contribution in [2.75, 3.05) is 5.33 Å². The zero-order valence-corrected chi connectivity index (χ0v) is 14.8. The lowest BCUT2D eigenvalue weighted by molar-refractivity contribution is -0.123. The Morgan fingerprint density at radius 2 is 2.05 bits per heavy atom. The second-order valence-electron chi connectivity index (χ2n) is 6.76. The van der Waals surface area contributed by atoms with Gasteiger partial charge in [0.05, 0.1) is 0 Å². The van der Waals surface area contributed by atoms with Crippen LogP contribution in [0.2, 0.25) is 0 Å². The number of nitrogens with one attached hydrogen (secondary N) is 1. The third-order valence-corrected chi connectivity index (χ3v) is 3.70. The molecule has 0 saturated carbocycles. The number of carbonyl (C=O) groups is 2. The summed E-state index contributed by atoms with van der Waals surface area (Å²) in [6, 6.07) is 0. The van der Waals surface area contributed by atoms with Crippen molar-refractivity contribution < 1.29 is 9.59 Å². The Bertz CT molecular complexity index is 384. The summed E-state index contributed by atoms with van der Waals surface area (Å²) >= 11 is 3.09. The largest absolute Gasteiger partial charge is 0.351 e. The van der Waals surface area contributed by atoms with E-state index < -0.39 is 0 Å². The normalized spacial score (nSPS) is 20.8. The summed E-state index contributed by atoms with van der Waals surface area (Å²) in [5, 5.41) is 3.56. The van der Waals surface area contributed by atoms with Gasteiger partial charge in [0, 0.05) is 22.3 Å². The van der Waals surface area contributed by atoms with E-state index in [-0.39, 0.29) is 28.7 Å². The molecule has 1 rings (SSSR count). The van der Waals surface area contributed by atoms with Crippen LogP contribution in [-0.2, 0) is 9.59 Å². The van der Waals surface area contributed by atoms with Crippen molar-refractivity contribution in [2.45, 2.75) is 58.5 Å². The second kappa shape index (κ2) is 7.36. The van der Waals surface area contributed by atoms with Crippen molar-refractivity contribution in [3.8, 4) is 0 Å². The quantitative estimate of drug-likeness (QED) is 0.606. The van der Waals surface area contributed by atoms with Crippen molar-refractivity contribution >= 4 is 27.6 Å².